The number of likely N-dealkylation sites (tertiary alicyclic amines) is 1. The zero-order valence-corrected chi connectivity index (χ0v) is 11.1. The molecule has 0 saturated carbocycles. The molecule has 1 heterocycles. The van der Waals surface area contributed by atoms with E-state index in [4.69, 9.17) is 5.11 Å². The largest absolute Gasteiger partial charge is 0.481 e. The number of benzene rings is 1. The van der Waals surface area contributed by atoms with Crippen LogP contribution in [0.15, 0.2) is 30.3 Å². The predicted molar refractivity (Wildman–Crippen MR) is 71.8 cm³/mol. The molecule has 0 aromatic heterocycles. The second-order valence-corrected chi connectivity index (χ2v) is 4.90. The van der Waals surface area contributed by atoms with Crippen molar-refractivity contribution in [2.24, 2.45) is 0 Å². The molecule has 2 unspecified atom stereocenters. The number of rotatable bonds is 5. The van der Waals surface area contributed by atoms with Crippen LogP contribution in [-0.2, 0) is 9.59 Å². The molecule has 0 radical (unpaired) electrons. The second-order valence-electron chi connectivity index (χ2n) is 4.90. The lowest BCUT2D eigenvalue weighted by Gasteiger charge is -2.30. The van der Waals surface area contributed by atoms with Gasteiger partial charge in [0.25, 0.3) is 0 Å². The number of amides is 1. The van der Waals surface area contributed by atoms with Crippen molar-refractivity contribution in [1.82, 2.24) is 4.90 Å². The third-order valence-corrected chi connectivity index (χ3v) is 3.80. The molecule has 1 saturated heterocycles. The van der Waals surface area contributed by atoms with Gasteiger partial charge in [-0.25, -0.2) is 0 Å². The topological polar surface area (TPSA) is 57.6 Å². The van der Waals surface area contributed by atoms with E-state index in [1.165, 1.54) is 0 Å². The monoisotopic (exact) mass is 261 g/mol. The highest BCUT2D eigenvalue weighted by Crippen LogP contribution is 2.34. The van der Waals surface area contributed by atoms with Gasteiger partial charge in [-0.3, -0.25) is 9.59 Å². The molecule has 1 aromatic carbocycles. The molecule has 1 fully saturated rings. The molecule has 2 rings (SSSR count). The summed E-state index contributed by atoms with van der Waals surface area (Å²) in [7, 11) is 0. The Labute approximate surface area is 113 Å². The number of nitrogens with zero attached hydrogens (tertiary/aromatic N) is 1. The minimum atomic E-state index is -0.816. The molecule has 2 atom stereocenters. The smallest absolute Gasteiger partial charge is 0.304 e. The standard InChI is InChI=1S/C15H19NO3/c1-2-16-13(8-9-14(16)17)12(10-15(18)19)11-6-4-3-5-7-11/h3-7,12-13H,2,8-10H2,1H3,(H,18,19). The van der Waals surface area contributed by atoms with Crippen molar-refractivity contribution in [2.75, 3.05) is 6.54 Å². The van der Waals surface area contributed by atoms with Crippen LogP contribution in [0.25, 0.3) is 0 Å². The highest BCUT2D eigenvalue weighted by Gasteiger charge is 2.37. The number of carbonyl (C=O) groups is 2. The molecule has 1 aromatic rings. The number of carboxylic acid groups (broad SMARTS) is 1. The van der Waals surface area contributed by atoms with Crippen molar-refractivity contribution in [3.8, 4) is 0 Å². The Morgan fingerprint density at radius 3 is 2.68 bits per heavy atom. The first-order valence-corrected chi connectivity index (χ1v) is 6.69. The minimum Gasteiger partial charge on any atom is -0.481 e. The summed E-state index contributed by atoms with van der Waals surface area (Å²) < 4.78 is 0. The minimum absolute atomic E-state index is 0.0102. The molecule has 1 N–H and O–H groups in total. The molecule has 102 valence electrons. The average Bonchev–Trinajstić information content (AvgIpc) is 2.77. The molecule has 19 heavy (non-hydrogen) atoms. The first-order valence-electron chi connectivity index (χ1n) is 6.69. The van der Waals surface area contributed by atoms with Gasteiger partial charge in [0.1, 0.15) is 0 Å². The average molecular weight is 261 g/mol. The van der Waals surface area contributed by atoms with Crippen molar-refractivity contribution in [3.05, 3.63) is 35.9 Å². The van der Waals surface area contributed by atoms with E-state index in [-0.39, 0.29) is 24.3 Å². The lowest BCUT2D eigenvalue weighted by atomic mass is 9.87. The van der Waals surface area contributed by atoms with Gasteiger partial charge in [-0.05, 0) is 18.9 Å². The van der Waals surface area contributed by atoms with Gasteiger partial charge in [-0.2, -0.15) is 0 Å². The normalized spacial score (nSPS) is 20.6. The zero-order valence-electron chi connectivity index (χ0n) is 11.1. The lowest BCUT2D eigenvalue weighted by Crippen LogP contribution is -2.37. The maximum atomic E-state index is 11.8. The molecule has 4 heteroatoms. The summed E-state index contributed by atoms with van der Waals surface area (Å²) in [5, 5.41) is 9.13. The van der Waals surface area contributed by atoms with Gasteiger partial charge >= 0.3 is 5.97 Å². The molecule has 0 spiro atoms. The number of likely N-dealkylation sites (N-methyl/N-ethyl adjacent to an activating group) is 1. The quantitative estimate of drug-likeness (QED) is 0.884. The first-order chi connectivity index (χ1) is 9.13. The Balaban J connectivity index is 2.28. The Hall–Kier alpha value is -1.84. The van der Waals surface area contributed by atoms with Crippen molar-refractivity contribution in [2.45, 2.75) is 38.1 Å². The molecule has 0 aliphatic carbocycles. The number of hydrogen-bond donors (Lipinski definition) is 1. The number of aliphatic carboxylic acids is 1. The highest BCUT2D eigenvalue weighted by atomic mass is 16.4. The molecule has 1 aliphatic heterocycles. The molecule has 1 amide bonds. The predicted octanol–water partition coefficient (Wildman–Crippen LogP) is 2.26. The van der Waals surface area contributed by atoms with Crippen LogP contribution in [0.4, 0.5) is 0 Å². The summed E-state index contributed by atoms with van der Waals surface area (Å²) in [6.45, 7) is 2.59. The van der Waals surface area contributed by atoms with Crippen LogP contribution < -0.4 is 0 Å². The number of hydrogen-bond acceptors (Lipinski definition) is 2. The van der Waals surface area contributed by atoms with Gasteiger partial charge in [0, 0.05) is 24.9 Å². The van der Waals surface area contributed by atoms with E-state index in [1.54, 1.807) is 0 Å². The fraction of sp³-hybridized carbons (Fsp3) is 0.467. The van der Waals surface area contributed by atoms with Crippen molar-refractivity contribution < 1.29 is 14.7 Å². The highest BCUT2D eigenvalue weighted by molar-refractivity contribution is 5.79. The summed E-state index contributed by atoms with van der Waals surface area (Å²) >= 11 is 0. The fourth-order valence-electron chi connectivity index (χ4n) is 2.95. The van der Waals surface area contributed by atoms with Crippen LogP contribution in [0.5, 0.6) is 0 Å². The Morgan fingerprint density at radius 2 is 2.11 bits per heavy atom. The van der Waals surface area contributed by atoms with E-state index in [9.17, 15) is 9.59 Å². The van der Waals surface area contributed by atoms with Gasteiger partial charge in [0.2, 0.25) is 5.91 Å². The Bertz CT molecular complexity index is 458. The van der Waals surface area contributed by atoms with Gasteiger partial charge in [0.05, 0.1) is 6.42 Å². The van der Waals surface area contributed by atoms with Gasteiger partial charge in [0.15, 0.2) is 0 Å². The molecular formula is C15H19NO3. The van der Waals surface area contributed by atoms with E-state index < -0.39 is 5.97 Å². The molecular weight excluding hydrogens is 242 g/mol. The molecule has 0 bridgehead atoms. The van der Waals surface area contributed by atoms with Crippen molar-refractivity contribution >= 4 is 11.9 Å². The Kier molecular flexibility index (Phi) is 4.20. The summed E-state index contributed by atoms with van der Waals surface area (Å²) in [6.07, 6.45) is 1.35. The van der Waals surface area contributed by atoms with Crippen LogP contribution in [0.3, 0.4) is 0 Å². The van der Waals surface area contributed by atoms with Crippen molar-refractivity contribution in [1.29, 1.82) is 0 Å². The second kappa shape index (κ2) is 5.87. The zero-order chi connectivity index (χ0) is 13.8. The summed E-state index contributed by atoms with van der Waals surface area (Å²) in [5.41, 5.74) is 1.00. The maximum Gasteiger partial charge on any atom is 0.304 e. The van der Waals surface area contributed by atoms with Gasteiger partial charge in [-0.15, -0.1) is 0 Å². The van der Waals surface area contributed by atoms with Crippen molar-refractivity contribution in [3.63, 3.8) is 0 Å². The van der Waals surface area contributed by atoms with E-state index in [0.717, 1.165) is 12.0 Å². The summed E-state index contributed by atoms with van der Waals surface area (Å²) in [6, 6.07) is 9.65. The summed E-state index contributed by atoms with van der Waals surface area (Å²) in [4.78, 5) is 24.7. The van der Waals surface area contributed by atoms with Gasteiger partial charge < -0.3 is 10.0 Å². The van der Waals surface area contributed by atoms with Crippen LogP contribution in [-0.4, -0.2) is 34.5 Å². The van der Waals surface area contributed by atoms with E-state index in [1.807, 2.05) is 42.2 Å². The van der Waals surface area contributed by atoms with Gasteiger partial charge in [-0.1, -0.05) is 30.3 Å². The third kappa shape index (κ3) is 2.95. The van der Waals surface area contributed by atoms with E-state index >= 15 is 0 Å². The Morgan fingerprint density at radius 1 is 1.42 bits per heavy atom. The SMILES string of the molecule is CCN1C(=O)CCC1C(CC(=O)O)c1ccccc1. The fourth-order valence-corrected chi connectivity index (χ4v) is 2.95. The van der Waals surface area contributed by atoms with E-state index in [2.05, 4.69) is 0 Å². The summed E-state index contributed by atoms with van der Waals surface area (Å²) in [5.74, 6) is -0.798. The molecule has 4 nitrogen and oxygen atoms in total. The van der Waals surface area contributed by atoms with Crippen LogP contribution in [0.2, 0.25) is 0 Å². The first kappa shape index (κ1) is 13.6. The van der Waals surface area contributed by atoms with E-state index in [0.29, 0.717) is 13.0 Å². The van der Waals surface area contributed by atoms with Crippen LogP contribution in [0.1, 0.15) is 37.7 Å². The lowest BCUT2D eigenvalue weighted by molar-refractivity contribution is -0.138. The van der Waals surface area contributed by atoms with Crippen LogP contribution in [0, 0.1) is 0 Å². The number of carbonyl (C=O) groups excluding carboxylic acids is 1. The number of carboxylic acids is 1. The third-order valence-electron chi connectivity index (χ3n) is 3.80. The maximum absolute atomic E-state index is 11.8. The molecule has 1 aliphatic rings. The van der Waals surface area contributed by atoms with Crippen LogP contribution >= 0.6 is 0 Å².